The molecule has 0 radical (unpaired) electrons. The molecule has 114 valence electrons. The highest BCUT2D eigenvalue weighted by Gasteiger charge is 2.41. The van der Waals surface area contributed by atoms with E-state index in [2.05, 4.69) is 21.3 Å². The van der Waals surface area contributed by atoms with Crippen LogP contribution >= 0.6 is 0 Å². The number of amides is 1. The Morgan fingerprint density at radius 3 is 3.14 bits per heavy atom. The number of carbonyl (C=O) groups excluding carboxylic acids is 1. The molecule has 2 aliphatic rings. The first kappa shape index (κ1) is 14.5. The van der Waals surface area contributed by atoms with Crippen molar-refractivity contribution in [1.82, 2.24) is 15.2 Å². The van der Waals surface area contributed by atoms with Crippen molar-refractivity contribution in [1.29, 1.82) is 0 Å². The van der Waals surface area contributed by atoms with Gasteiger partial charge in [-0.1, -0.05) is 6.07 Å². The van der Waals surface area contributed by atoms with Crippen molar-refractivity contribution in [2.45, 2.75) is 13.0 Å². The van der Waals surface area contributed by atoms with E-state index in [4.69, 9.17) is 4.74 Å². The smallest absolute Gasteiger partial charge is 0.220 e. The number of pyridine rings is 1. The van der Waals surface area contributed by atoms with Crippen LogP contribution in [0.25, 0.3) is 0 Å². The molecule has 3 atom stereocenters. The van der Waals surface area contributed by atoms with Crippen LogP contribution in [0.4, 0.5) is 0 Å². The largest absolute Gasteiger partial charge is 0.381 e. The van der Waals surface area contributed by atoms with Gasteiger partial charge in [0.25, 0.3) is 0 Å². The van der Waals surface area contributed by atoms with E-state index in [1.54, 1.807) is 13.2 Å². The van der Waals surface area contributed by atoms with Crippen LogP contribution in [0.15, 0.2) is 24.5 Å². The van der Waals surface area contributed by atoms with Gasteiger partial charge in [0.15, 0.2) is 0 Å². The molecule has 3 rings (SSSR count). The third-order valence-corrected chi connectivity index (χ3v) is 4.69. The molecule has 0 saturated carbocycles. The van der Waals surface area contributed by atoms with Crippen molar-refractivity contribution < 1.29 is 9.53 Å². The molecule has 2 aliphatic heterocycles. The van der Waals surface area contributed by atoms with Crippen LogP contribution in [0.1, 0.15) is 12.0 Å². The predicted molar refractivity (Wildman–Crippen MR) is 79.5 cm³/mol. The summed E-state index contributed by atoms with van der Waals surface area (Å²) in [6.45, 7) is 4.61. The molecule has 1 aromatic heterocycles. The van der Waals surface area contributed by atoms with Gasteiger partial charge in [-0.3, -0.25) is 14.7 Å². The van der Waals surface area contributed by atoms with Gasteiger partial charge in [0, 0.05) is 45.5 Å². The van der Waals surface area contributed by atoms with Crippen molar-refractivity contribution in [3.05, 3.63) is 30.1 Å². The van der Waals surface area contributed by atoms with Gasteiger partial charge < -0.3 is 10.1 Å². The molecule has 1 aromatic rings. The molecule has 5 heteroatoms. The van der Waals surface area contributed by atoms with E-state index >= 15 is 0 Å². The maximum absolute atomic E-state index is 11.7. The third kappa shape index (κ3) is 3.41. The van der Waals surface area contributed by atoms with Gasteiger partial charge in [-0.05, 0) is 29.4 Å². The summed E-state index contributed by atoms with van der Waals surface area (Å²) in [7, 11) is 1.70. The van der Waals surface area contributed by atoms with Crippen molar-refractivity contribution in [3.63, 3.8) is 0 Å². The molecule has 2 fully saturated rings. The number of nitrogens with zero attached hydrogens (tertiary/aromatic N) is 2. The molecule has 0 aromatic carbocycles. The molecule has 21 heavy (non-hydrogen) atoms. The van der Waals surface area contributed by atoms with Crippen molar-refractivity contribution in [2.75, 3.05) is 33.4 Å². The van der Waals surface area contributed by atoms with Crippen molar-refractivity contribution in [2.24, 2.45) is 17.8 Å². The Morgan fingerprint density at radius 1 is 1.48 bits per heavy atom. The fraction of sp³-hybridized carbons (Fsp3) is 0.625. The van der Waals surface area contributed by atoms with Crippen molar-refractivity contribution in [3.8, 4) is 0 Å². The summed E-state index contributed by atoms with van der Waals surface area (Å²) in [4.78, 5) is 18.3. The lowest BCUT2D eigenvalue weighted by Gasteiger charge is -2.32. The van der Waals surface area contributed by atoms with Gasteiger partial charge >= 0.3 is 0 Å². The minimum atomic E-state index is 0.120. The average Bonchev–Trinajstić information content (AvgIpc) is 2.91. The van der Waals surface area contributed by atoms with Crippen LogP contribution in [-0.2, 0) is 16.1 Å². The van der Waals surface area contributed by atoms with E-state index in [0.29, 0.717) is 24.2 Å². The number of likely N-dealkylation sites (tertiary alicyclic amines) is 1. The van der Waals surface area contributed by atoms with E-state index < -0.39 is 0 Å². The summed E-state index contributed by atoms with van der Waals surface area (Å²) >= 11 is 0. The Hall–Kier alpha value is -1.46. The van der Waals surface area contributed by atoms with E-state index in [-0.39, 0.29) is 5.91 Å². The minimum absolute atomic E-state index is 0.120. The Morgan fingerprint density at radius 2 is 2.38 bits per heavy atom. The molecular weight excluding hydrogens is 266 g/mol. The summed E-state index contributed by atoms with van der Waals surface area (Å²) in [6.07, 6.45) is 4.32. The van der Waals surface area contributed by atoms with Gasteiger partial charge in [0.05, 0.1) is 13.2 Å². The zero-order chi connectivity index (χ0) is 14.7. The summed E-state index contributed by atoms with van der Waals surface area (Å²) < 4.78 is 5.72. The molecule has 1 amide bonds. The van der Waals surface area contributed by atoms with Crippen LogP contribution in [0.3, 0.4) is 0 Å². The summed E-state index contributed by atoms with van der Waals surface area (Å²) in [5.41, 5.74) is 1.25. The van der Waals surface area contributed by atoms with Crippen LogP contribution < -0.4 is 5.32 Å². The monoisotopic (exact) mass is 289 g/mol. The second-order valence-electron chi connectivity index (χ2n) is 6.15. The van der Waals surface area contributed by atoms with Crippen molar-refractivity contribution >= 4 is 5.91 Å². The fourth-order valence-electron chi connectivity index (χ4n) is 3.62. The zero-order valence-electron chi connectivity index (χ0n) is 12.5. The lowest BCUT2D eigenvalue weighted by molar-refractivity contribution is -0.124. The number of fused-ring (bicyclic) bond motifs is 1. The summed E-state index contributed by atoms with van der Waals surface area (Å²) in [5, 5.41) is 2.73. The van der Waals surface area contributed by atoms with Crippen LogP contribution in [0, 0.1) is 17.8 Å². The van der Waals surface area contributed by atoms with Gasteiger partial charge in [-0.25, -0.2) is 0 Å². The number of carbonyl (C=O) groups is 1. The normalized spacial score (nSPS) is 29.1. The second-order valence-corrected chi connectivity index (χ2v) is 6.15. The molecule has 3 heterocycles. The topological polar surface area (TPSA) is 54.5 Å². The Labute approximate surface area is 125 Å². The van der Waals surface area contributed by atoms with E-state index in [1.807, 2.05) is 12.3 Å². The molecule has 0 bridgehead atoms. The molecule has 0 unspecified atom stereocenters. The SMILES string of the molecule is CNC(=O)C[C@@H]1COC[C@H]2CN(Cc3cccnc3)C[C@@H]12. The first-order valence-electron chi connectivity index (χ1n) is 7.66. The minimum Gasteiger partial charge on any atom is -0.381 e. The fourth-order valence-corrected chi connectivity index (χ4v) is 3.62. The van der Waals surface area contributed by atoms with Crippen LogP contribution in [0.2, 0.25) is 0 Å². The van der Waals surface area contributed by atoms with Gasteiger partial charge in [0.2, 0.25) is 5.91 Å². The standard InChI is InChI=1S/C16H23N3O2/c1-17-16(20)5-13-10-21-11-14-8-19(9-15(13)14)7-12-3-2-4-18-6-12/h2-4,6,13-15H,5,7-11H2,1H3,(H,17,20)/t13-,14-,15+/m1/s1. The number of ether oxygens (including phenoxy) is 1. The van der Waals surface area contributed by atoms with Gasteiger partial charge in [-0.2, -0.15) is 0 Å². The summed E-state index contributed by atoms with van der Waals surface area (Å²) in [6, 6.07) is 4.10. The third-order valence-electron chi connectivity index (χ3n) is 4.69. The number of hydrogen-bond donors (Lipinski definition) is 1. The first-order chi connectivity index (χ1) is 10.3. The highest BCUT2D eigenvalue weighted by Crippen LogP contribution is 2.36. The highest BCUT2D eigenvalue weighted by atomic mass is 16.5. The van der Waals surface area contributed by atoms with E-state index in [1.165, 1.54) is 5.56 Å². The van der Waals surface area contributed by atoms with E-state index in [0.717, 1.165) is 32.8 Å². The Bertz CT molecular complexity index is 480. The Kier molecular flexibility index (Phi) is 4.51. The first-order valence-corrected chi connectivity index (χ1v) is 7.66. The van der Waals surface area contributed by atoms with Gasteiger partial charge in [0.1, 0.15) is 0 Å². The van der Waals surface area contributed by atoms with Crippen LogP contribution in [-0.4, -0.2) is 49.1 Å². The maximum Gasteiger partial charge on any atom is 0.220 e. The quantitative estimate of drug-likeness (QED) is 0.895. The molecule has 1 N–H and O–H groups in total. The summed E-state index contributed by atoms with van der Waals surface area (Å²) in [5.74, 6) is 1.61. The Balaban J connectivity index is 1.61. The van der Waals surface area contributed by atoms with E-state index in [9.17, 15) is 4.79 Å². The number of nitrogens with one attached hydrogen (secondary N) is 1. The van der Waals surface area contributed by atoms with Crippen LogP contribution in [0.5, 0.6) is 0 Å². The van der Waals surface area contributed by atoms with Gasteiger partial charge in [-0.15, -0.1) is 0 Å². The molecule has 2 saturated heterocycles. The second kappa shape index (κ2) is 6.54. The number of aromatic nitrogens is 1. The molecule has 0 spiro atoms. The molecular formula is C16H23N3O2. The number of hydrogen-bond acceptors (Lipinski definition) is 4. The average molecular weight is 289 g/mol. The maximum atomic E-state index is 11.7. The lowest BCUT2D eigenvalue weighted by atomic mass is 9.81. The molecule has 5 nitrogen and oxygen atoms in total. The highest BCUT2D eigenvalue weighted by molar-refractivity contribution is 5.75. The lowest BCUT2D eigenvalue weighted by Crippen LogP contribution is -2.37. The zero-order valence-corrected chi connectivity index (χ0v) is 12.5. The molecule has 0 aliphatic carbocycles. The number of rotatable bonds is 4. The predicted octanol–water partition coefficient (Wildman–Crippen LogP) is 0.912.